The molecule has 1 aliphatic carbocycles. The van der Waals surface area contributed by atoms with Crippen LogP contribution < -0.4 is 10.6 Å². The average molecular weight is 222 g/mol. The van der Waals surface area contributed by atoms with Crippen LogP contribution in [0.5, 0.6) is 0 Å². The Labute approximate surface area is 95.2 Å². The summed E-state index contributed by atoms with van der Waals surface area (Å²) in [6.07, 6.45) is 6.80. The van der Waals surface area contributed by atoms with Crippen molar-refractivity contribution in [3.05, 3.63) is 18.2 Å². The minimum Gasteiger partial charge on any atom is -0.351 e. The van der Waals surface area contributed by atoms with Gasteiger partial charge in [0.2, 0.25) is 0 Å². The van der Waals surface area contributed by atoms with Crippen molar-refractivity contribution in [3.63, 3.8) is 0 Å². The first kappa shape index (κ1) is 11.1. The summed E-state index contributed by atoms with van der Waals surface area (Å²) >= 11 is 0. The van der Waals surface area contributed by atoms with Crippen LogP contribution in [0.3, 0.4) is 0 Å². The number of nitrogens with zero attached hydrogens (tertiary/aromatic N) is 2. The van der Waals surface area contributed by atoms with Crippen molar-refractivity contribution < 1.29 is 4.79 Å². The molecule has 0 bridgehead atoms. The largest absolute Gasteiger partial charge is 0.351 e. The van der Waals surface area contributed by atoms with Crippen LogP contribution in [0, 0.1) is 0 Å². The van der Waals surface area contributed by atoms with Gasteiger partial charge in [-0.05, 0) is 25.8 Å². The molecule has 88 valence electrons. The maximum absolute atomic E-state index is 11.6. The zero-order valence-electron chi connectivity index (χ0n) is 9.57. The number of hydrogen-bond acceptors (Lipinski definition) is 3. The van der Waals surface area contributed by atoms with Gasteiger partial charge in [0.25, 0.3) is 5.91 Å². The zero-order chi connectivity index (χ0) is 11.4. The first-order chi connectivity index (χ1) is 7.77. The van der Waals surface area contributed by atoms with E-state index in [4.69, 9.17) is 0 Å². The standard InChI is InChI=1S/C11H18N4O/c1-15-8-12-7-10(15)11(16)14-6-2-5-13-9-3-4-9/h7-9,13H,2-6H2,1H3,(H,14,16). The lowest BCUT2D eigenvalue weighted by atomic mass is 10.3. The zero-order valence-corrected chi connectivity index (χ0v) is 9.57. The predicted molar refractivity (Wildman–Crippen MR) is 61.2 cm³/mol. The van der Waals surface area contributed by atoms with Crippen molar-refractivity contribution in [3.8, 4) is 0 Å². The Morgan fingerprint density at radius 3 is 3.00 bits per heavy atom. The molecule has 1 aromatic heterocycles. The van der Waals surface area contributed by atoms with Crippen molar-refractivity contribution >= 4 is 5.91 Å². The van der Waals surface area contributed by atoms with Crippen LogP contribution in [-0.4, -0.2) is 34.6 Å². The Bertz CT molecular complexity index is 357. The second kappa shape index (κ2) is 5.12. The maximum Gasteiger partial charge on any atom is 0.269 e. The third-order valence-corrected chi connectivity index (χ3v) is 2.70. The van der Waals surface area contributed by atoms with E-state index in [0.29, 0.717) is 12.2 Å². The van der Waals surface area contributed by atoms with Gasteiger partial charge in [-0.3, -0.25) is 4.79 Å². The van der Waals surface area contributed by atoms with E-state index in [9.17, 15) is 4.79 Å². The fourth-order valence-corrected chi connectivity index (χ4v) is 1.55. The summed E-state index contributed by atoms with van der Waals surface area (Å²) in [7, 11) is 1.82. The van der Waals surface area contributed by atoms with E-state index in [0.717, 1.165) is 19.0 Å². The van der Waals surface area contributed by atoms with Gasteiger partial charge in [0.05, 0.1) is 12.5 Å². The Morgan fingerprint density at radius 2 is 2.38 bits per heavy atom. The van der Waals surface area contributed by atoms with Crippen LogP contribution >= 0.6 is 0 Å². The van der Waals surface area contributed by atoms with Crippen molar-refractivity contribution in [2.45, 2.75) is 25.3 Å². The quantitative estimate of drug-likeness (QED) is 0.680. The topological polar surface area (TPSA) is 59.0 Å². The molecule has 0 aromatic carbocycles. The van der Waals surface area contributed by atoms with Crippen LogP contribution in [-0.2, 0) is 7.05 Å². The van der Waals surface area contributed by atoms with Gasteiger partial charge in [0.15, 0.2) is 0 Å². The molecule has 2 N–H and O–H groups in total. The van der Waals surface area contributed by atoms with E-state index in [-0.39, 0.29) is 5.91 Å². The molecule has 0 atom stereocenters. The molecule has 1 heterocycles. The minimum atomic E-state index is -0.0496. The molecule has 2 rings (SSSR count). The Kier molecular flexibility index (Phi) is 3.56. The Hall–Kier alpha value is -1.36. The van der Waals surface area contributed by atoms with Gasteiger partial charge in [0.1, 0.15) is 5.69 Å². The molecule has 0 saturated heterocycles. The van der Waals surface area contributed by atoms with Gasteiger partial charge in [-0.2, -0.15) is 0 Å². The molecular formula is C11H18N4O. The predicted octanol–water partition coefficient (Wildman–Crippen LogP) is 0.292. The summed E-state index contributed by atoms with van der Waals surface area (Å²) in [6.45, 7) is 1.69. The number of amides is 1. The highest BCUT2D eigenvalue weighted by atomic mass is 16.1. The van der Waals surface area contributed by atoms with E-state index in [2.05, 4.69) is 15.6 Å². The number of imidazole rings is 1. The molecule has 0 radical (unpaired) electrons. The Balaban J connectivity index is 1.61. The van der Waals surface area contributed by atoms with Crippen molar-refractivity contribution in [1.82, 2.24) is 20.2 Å². The third-order valence-electron chi connectivity index (χ3n) is 2.70. The van der Waals surface area contributed by atoms with Crippen LogP contribution in [0.4, 0.5) is 0 Å². The van der Waals surface area contributed by atoms with E-state index < -0.39 is 0 Å². The van der Waals surface area contributed by atoms with E-state index in [1.807, 2.05) is 7.05 Å². The SMILES string of the molecule is Cn1cncc1C(=O)NCCCNC1CC1. The van der Waals surface area contributed by atoms with Crippen molar-refractivity contribution in [1.29, 1.82) is 0 Å². The number of hydrogen-bond donors (Lipinski definition) is 2. The van der Waals surface area contributed by atoms with Gasteiger partial charge in [-0.25, -0.2) is 4.98 Å². The van der Waals surface area contributed by atoms with Crippen LogP contribution in [0.1, 0.15) is 29.8 Å². The van der Waals surface area contributed by atoms with Gasteiger partial charge < -0.3 is 15.2 Å². The highest BCUT2D eigenvalue weighted by molar-refractivity contribution is 5.92. The monoisotopic (exact) mass is 222 g/mol. The molecule has 1 aromatic rings. The lowest BCUT2D eigenvalue weighted by Crippen LogP contribution is -2.29. The molecular weight excluding hydrogens is 204 g/mol. The molecule has 1 fully saturated rings. The number of rotatable bonds is 6. The molecule has 0 aliphatic heterocycles. The first-order valence-electron chi connectivity index (χ1n) is 5.75. The fraction of sp³-hybridized carbons (Fsp3) is 0.636. The maximum atomic E-state index is 11.6. The number of aromatic nitrogens is 2. The van der Waals surface area contributed by atoms with Gasteiger partial charge in [0, 0.05) is 19.6 Å². The highest BCUT2D eigenvalue weighted by Crippen LogP contribution is 2.18. The summed E-state index contributed by atoms with van der Waals surface area (Å²) < 4.78 is 1.72. The molecule has 0 unspecified atom stereocenters. The summed E-state index contributed by atoms with van der Waals surface area (Å²) in [5.74, 6) is -0.0496. The normalized spacial score (nSPS) is 15.1. The van der Waals surface area contributed by atoms with E-state index in [1.54, 1.807) is 17.1 Å². The molecule has 16 heavy (non-hydrogen) atoms. The summed E-state index contributed by atoms with van der Waals surface area (Å²) in [5.41, 5.74) is 0.607. The number of carbonyl (C=O) groups is 1. The second-order valence-electron chi connectivity index (χ2n) is 4.23. The van der Waals surface area contributed by atoms with E-state index in [1.165, 1.54) is 12.8 Å². The molecule has 5 heteroatoms. The molecule has 1 amide bonds. The van der Waals surface area contributed by atoms with Gasteiger partial charge in [-0.1, -0.05) is 0 Å². The summed E-state index contributed by atoms with van der Waals surface area (Å²) in [6, 6.07) is 0.743. The van der Waals surface area contributed by atoms with Crippen molar-refractivity contribution in [2.75, 3.05) is 13.1 Å². The lowest BCUT2D eigenvalue weighted by Gasteiger charge is -2.05. The summed E-state index contributed by atoms with van der Waals surface area (Å²) in [5, 5.41) is 6.29. The lowest BCUT2D eigenvalue weighted by molar-refractivity contribution is 0.0945. The van der Waals surface area contributed by atoms with Gasteiger partial charge >= 0.3 is 0 Å². The van der Waals surface area contributed by atoms with E-state index >= 15 is 0 Å². The molecule has 1 aliphatic rings. The molecule has 5 nitrogen and oxygen atoms in total. The van der Waals surface area contributed by atoms with Crippen LogP contribution in [0.2, 0.25) is 0 Å². The first-order valence-corrected chi connectivity index (χ1v) is 5.75. The fourth-order valence-electron chi connectivity index (χ4n) is 1.55. The van der Waals surface area contributed by atoms with Crippen molar-refractivity contribution in [2.24, 2.45) is 7.05 Å². The number of carbonyl (C=O) groups excluding carboxylic acids is 1. The smallest absolute Gasteiger partial charge is 0.269 e. The number of aryl methyl sites for hydroxylation is 1. The average Bonchev–Trinajstić information content (AvgIpc) is 2.99. The molecule has 0 spiro atoms. The van der Waals surface area contributed by atoms with Crippen LogP contribution in [0.25, 0.3) is 0 Å². The highest BCUT2D eigenvalue weighted by Gasteiger charge is 2.19. The second-order valence-corrected chi connectivity index (χ2v) is 4.23. The summed E-state index contributed by atoms with van der Waals surface area (Å²) in [4.78, 5) is 15.6. The number of nitrogens with one attached hydrogen (secondary N) is 2. The minimum absolute atomic E-state index is 0.0496. The van der Waals surface area contributed by atoms with Gasteiger partial charge in [-0.15, -0.1) is 0 Å². The molecule has 1 saturated carbocycles. The Morgan fingerprint density at radius 1 is 1.56 bits per heavy atom. The third kappa shape index (κ3) is 3.06. The van der Waals surface area contributed by atoms with Crippen LogP contribution in [0.15, 0.2) is 12.5 Å².